The van der Waals surface area contributed by atoms with Crippen LogP contribution in [0.2, 0.25) is 0 Å². The summed E-state index contributed by atoms with van der Waals surface area (Å²) in [6.07, 6.45) is 5.07. The highest BCUT2D eigenvalue weighted by molar-refractivity contribution is 6.08. The normalized spacial score (nSPS) is 11.5. The lowest BCUT2D eigenvalue weighted by atomic mass is 10.1. The highest BCUT2D eigenvalue weighted by Gasteiger charge is 2.08. The van der Waals surface area contributed by atoms with Crippen LogP contribution in [0.3, 0.4) is 0 Å². The Morgan fingerprint density at radius 1 is 1.06 bits per heavy atom. The largest absolute Gasteiger partial charge is 0.438 e. The summed E-state index contributed by atoms with van der Waals surface area (Å²) in [6, 6.07) is 7.87. The van der Waals surface area contributed by atoms with Crippen LogP contribution in [0.25, 0.3) is 33.0 Å². The molecule has 0 N–H and O–H groups in total. The lowest BCUT2D eigenvalue weighted by Gasteiger charge is -1.94. The number of fused-ring (bicyclic) bond motifs is 4. The fraction of sp³-hybridized carbons (Fsp3) is 0. The summed E-state index contributed by atoms with van der Waals surface area (Å²) < 4.78 is 5.69. The van der Waals surface area contributed by atoms with Gasteiger partial charge < -0.3 is 4.42 Å². The molecule has 3 aromatic heterocycles. The van der Waals surface area contributed by atoms with E-state index in [2.05, 4.69) is 15.0 Å². The maximum absolute atomic E-state index is 5.69. The van der Waals surface area contributed by atoms with Gasteiger partial charge in [-0.25, -0.2) is 15.0 Å². The molecule has 4 rings (SSSR count). The molecule has 17 heavy (non-hydrogen) atoms. The summed E-state index contributed by atoms with van der Waals surface area (Å²) in [5.41, 5.74) is 2.35. The minimum Gasteiger partial charge on any atom is -0.438 e. The van der Waals surface area contributed by atoms with Crippen molar-refractivity contribution in [3.05, 3.63) is 43.0 Å². The molecule has 0 saturated heterocycles. The molecule has 0 bridgehead atoms. The van der Waals surface area contributed by atoms with E-state index < -0.39 is 0 Å². The highest BCUT2D eigenvalue weighted by atomic mass is 16.3. The van der Waals surface area contributed by atoms with Crippen molar-refractivity contribution in [2.45, 2.75) is 0 Å². The van der Waals surface area contributed by atoms with Crippen LogP contribution >= 0.6 is 0 Å². The van der Waals surface area contributed by atoms with Crippen molar-refractivity contribution in [1.82, 2.24) is 15.0 Å². The number of aromatic nitrogens is 3. The summed E-state index contributed by atoms with van der Waals surface area (Å²) in [6.45, 7) is 0. The van der Waals surface area contributed by atoms with Crippen molar-refractivity contribution in [2.24, 2.45) is 0 Å². The number of hydrogen-bond donors (Lipinski definition) is 0. The molecule has 0 saturated carbocycles. The lowest BCUT2D eigenvalue weighted by Crippen LogP contribution is -1.79. The van der Waals surface area contributed by atoms with Crippen LogP contribution in [-0.4, -0.2) is 15.0 Å². The zero-order chi connectivity index (χ0) is 11.2. The monoisotopic (exact) mass is 221 g/mol. The van der Waals surface area contributed by atoms with Crippen LogP contribution in [0.5, 0.6) is 0 Å². The molecule has 4 heteroatoms. The van der Waals surface area contributed by atoms with Gasteiger partial charge in [0.15, 0.2) is 0 Å². The first-order chi connectivity index (χ1) is 8.42. The number of rotatable bonds is 0. The standard InChI is InChI=1S/C13H7N3O/c1-2-9-10-4-8-6-14-7-16-11(8)5-12(10)17-13(9)15-3-1/h1-7H. The third-order valence-electron chi connectivity index (χ3n) is 2.87. The first-order valence-corrected chi connectivity index (χ1v) is 5.29. The summed E-state index contributed by atoms with van der Waals surface area (Å²) in [5.74, 6) is 0. The average molecular weight is 221 g/mol. The van der Waals surface area contributed by atoms with E-state index in [9.17, 15) is 0 Å². The van der Waals surface area contributed by atoms with Crippen LogP contribution in [0.1, 0.15) is 0 Å². The second-order valence-corrected chi connectivity index (χ2v) is 3.89. The van der Waals surface area contributed by atoms with Crippen molar-refractivity contribution < 1.29 is 4.42 Å². The van der Waals surface area contributed by atoms with Gasteiger partial charge in [0.2, 0.25) is 5.71 Å². The molecule has 0 unspecified atom stereocenters. The molecule has 3 heterocycles. The molecular weight excluding hydrogens is 214 g/mol. The maximum atomic E-state index is 5.69. The topological polar surface area (TPSA) is 51.8 Å². The van der Waals surface area contributed by atoms with Crippen molar-refractivity contribution in [1.29, 1.82) is 0 Å². The fourth-order valence-electron chi connectivity index (χ4n) is 2.09. The first-order valence-electron chi connectivity index (χ1n) is 5.29. The van der Waals surface area contributed by atoms with Crippen molar-refractivity contribution >= 4 is 33.0 Å². The quantitative estimate of drug-likeness (QED) is 0.458. The smallest absolute Gasteiger partial charge is 0.227 e. The number of nitrogens with zero attached hydrogens (tertiary/aromatic N) is 3. The SMILES string of the molecule is c1cnc2oc3cc4ncncc4cc3c2c1. The third kappa shape index (κ3) is 1.15. The van der Waals surface area contributed by atoms with E-state index in [1.165, 1.54) is 6.33 Å². The van der Waals surface area contributed by atoms with Gasteiger partial charge in [-0.15, -0.1) is 0 Å². The molecule has 0 fully saturated rings. The van der Waals surface area contributed by atoms with Crippen LogP contribution in [0.4, 0.5) is 0 Å². The molecule has 1 aromatic carbocycles. The zero-order valence-electron chi connectivity index (χ0n) is 8.79. The minimum absolute atomic E-state index is 0.658. The molecule has 0 amide bonds. The Kier molecular flexibility index (Phi) is 1.53. The van der Waals surface area contributed by atoms with E-state index in [4.69, 9.17) is 4.42 Å². The van der Waals surface area contributed by atoms with Crippen molar-refractivity contribution in [3.8, 4) is 0 Å². The van der Waals surface area contributed by atoms with Gasteiger partial charge in [0.25, 0.3) is 0 Å². The Bertz CT molecular complexity index is 845. The zero-order valence-corrected chi connectivity index (χ0v) is 8.79. The van der Waals surface area contributed by atoms with Gasteiger partial charge in [-0.2, -0.15) is 0 Å². The second kappa shape index (κ2) is 3.01. The van der Waals surface area contributed by atoms with Gasteiger partial charge in [0.05, 0.1) is 5.52 Å². The van der Waals surface area contributed by atoms with Gasteiger partial charge in [0.1, 0.15) is 11.9 Å². The fourth-order valence-corrected chi connectivity index (χ4v) is 2.09. The molecule has 0 aliphatic heterocycles. The Labute approximate surface area is 95.9 Å². The molecule has 0 radical (unpaired) electrons. The van der Waals surface area contributed by atoms with Gasteiger partial charge in [-0.1, -0.05) is 0 Å². The summed E-state index contributed by atoms with van der Waals surface area (Å²) >= 11 is 0. The molecule has 0 spiro atoms. The number of benzene rings is 1. The molecule has 4 aromatic rings. The third-order valence-corrected chi connectivity index (χ3v) is 2.87. The average Bonchev–Trinajstić information content (AvgIpc) is 2.73. The maximum Gasteiger partial charge on any atom is 0.227 e. The van der Waals surface area contributed by atoms with E-state index in [1.54, 1.807) is 12.4 Å². The summed E-state index contributed by atoms with van der Waals surface area (Å²) in [5, 5.41) is 3.08. The minimum atomic E-state index is 0.658. The highest BCUT2D eigenvalue weighted by Crippen LogP contribution is 2.29. The Morgan fingerprint density at radius 2 is 2.06 bits per heavy atom. The molecule has 80 valence electrons. The predicted molar refractivity (Wildman–Crippen MR) is 64.6 cm³/mol. The molecular formula is C13H7N3O. The molecule has 0 atom stereocenters. The number of pyridine rings is 1. The second-order valence-electron chi connectivity index (χ2n) is 3.89. The van der Waals surface area contributed by atoms with Gasteiger partial charge in [0, 0.05) is 34.6 Å². The van der Waals surface area contributed by atoms with E-state index in [-0.39, 0.29) is 0 Å². The Balaban J connectivity index is 2.28. The van der Waals surface area contributed by atoms with Crippen LogP contribution in [0.15, 0.2) is 47.4 Å². The molecule has 4 nitrogen and oxygen atoms in total. The predicted octanol–water partition coefficient (Wildman–Crippen LogP) is 2.92. The van der Waals surface area contributed by atoms with Crippen LogP contribution in [0, 0.1) is 0 Å². The van der Waals surface area contributed by atoms with Crippen LogP contribution < -0.4 is 0 Å². The van der Waals surface area contributed by atoms with Crippen molar-refractivity contribution in [3.63, 3.8) is 0 Å². The van der Waals surface area contributed by atoms with Crippen molar-refractivity contribution in [2.75, 3.05) is 0 Å². The van der Waals surface area contributed by atoms with E-state index >= 15 is 0 Å². The molecule has 0 aliphatic rings. The lowest BCUT2D eigenvalue weighted by molar-refractivity contribution is 0.654. The van der Waals surface area contributed by atoms with Crippen LogP contribution in [-0.2, 0) is 0 Å². The number of furan rings is 1. The first kappa shape index (κ1) is 8.64. The van der Waals surface area contributed by atoms with E-state index in [0.717, 1.165) is 27.3 Å². The summed E-state index contributed by atoms with van der Waals surface area (Å²) in [7, 11) is 0. The Hall–Kier alpha value is -2.49. The van der Waals surface area contributed by atoms with Gasteiger partial charge >= 0.3 is 0 Å². The number of hydrogen-bond acceptors (Lipinski definition) is 4. The van der Waals surface area contributed by atoms with Gasteiger partial charge in [-0.05, 0) is 18.2 Å². The summed E-state index contributed by atoms with van der Waals surface area (Å²) in [4.78, 5) is 12.4. The van der Waals surface area contributed by atoms with E-state index in [0.29, 0.717) is 5.71 Å². The van der Waals surface area contributed by atoms with Gasteiger partial charge in [-0.3, -0.25) is 0 Å². The molecule has 0 aliphatic carbocycles. The van der Waals surface area contributed by atoms with E-state index in [1.807, 2.05) is 24.3 Å². The Morgan fingerprint density at radius 3 is 3.06 bits per heavy atom.